The van der Waals surface area contributed by atoms with E-state index in [1.807, 2.05) is 18.2 Å². The van der Waals surface area contributed by atoms with Gasteiger partial charge in [-0.1, -0.05) is 35.9 Å². The van der Waals surface area contributed by atoms with E-state index in [9.17, 15) is 9.18 Å². The van der Waals surface area contributed by atoms with Crippen molar-refractivity contribution in [2.24, 2.45) is 4.99 Å². The summed E-state index contributed by atoms with van der Waals surface area (Å²) in [7, 11) is 1.53. The summed E-state index contributed by atoms with van der Waals surface area (Å²) < 4.78 is 29.6. The van der Waals surface area contributed by atoms with E-state index in [0.29, 0.717) is 27.6 Å². The number of esters is 1. The maximum Gasteiger partial charge on any atom is 0.363 e. The number of ether oxygens (including phenoxy) is 3. The highest BCUT2D eigenvalue weighted by atomic mass is 35.5. The Kier molecular flexibility index (Phi) is 6.00. The molecule has 0 amide bonds. The monoisotopic (exact) mass is 437 g/mol. The molecule has 1 heterocycles. The average Bonchev–Trinajstić information content (AvgIpc) is 3.14. The lowest BCUT2D eigenvalue weighted by Crippen LogP contribution is -2.05. The number of cyclic esters (lactones) is 1. The zero-order valence-corrected chi connectivity index (χ0v) is 17.2. The maximum atomic E-state index is 13.1. The standard InChI is InChI=1S/C24H17ClFNO4/c1-29-22-13-15(6-11-21(22)30-14-17-4-2-3-5-19(17)25)12-20-24(28)31-23(27-20)16-7-9-18(26)10-8-16/h2-13H,14H2,1H3. The number of halogens is 2. The number of carbonyl (C=O) groups is 1. The Balaban J connectivity index is 1.54. The fourth-order valence-corrected chi connectivity index (χ4v) is 3.14. The molecule has 0 N–H and O–H groups in total. The van der Waals surface area contributed by atoms with Crippen molar-refractivity contribution >= 4 is 29.5 Å². The van der Waals surface area contributed by atoms with E-state index in [1.165, 1.54) is 31.4 Å². The molecule has 3 aromatic rings. The number of methoxy groups -OCH3 is 1. The van der Waals surface area contributed by atoms with Gasteiger partial charge in [-0.2, -0.15) is 0 Å². The van der Waals surface area contributed by atoms with Crippen LogP contribution in [0.25, 0.3) is 6.08 Å². The van der Waals surface area contributed by atoms with Gasteiger partial charge in [-0.15, -0.1) is 0 Å². The van der Waals surface area contributed by atoms with Gasteiger partial charge in [0.2, 0.25) is 5.90 Å². The molecule has 156 valence electrons. The van der Waals surface area contributed by atoms with Crippen molar-refractivity contribution < 1.29 is 23.4 Å². The van der Waals surface area contributed by atoms with Gasteiger partial charge in [-0.05, 0) is 54.1 Å². The molecule has 1 aliphatic heterocycles. The molecule has 3 aromatic carbocycles. The summed E-state index contributed by atoms with van der Waals surface area (Å²) in [6.45, 7) is 0.286. The molecule has 5 nitrogen and oxygen atoms in total. The molecule has 4 rings (SSSR count). The van der Waals surface area contributed by atoms with Crippen molar-refractivity contribution in [1.29, 1.82) is 0 Å². The Labute approximate surface area is 183 Å². The Morgan fingerprint density at radius 2 is 1.84 bits per heavy atom. The quantitative estimate of drug-likeness (QED) is 0.382. The molecule has 0 saturated carbocycles. The van der Waals surface area contributed by atoms with Crippen molar-refractivity contribution in [2.45, 2.75) is 6.61 Å². The molecule has 0 spiro atoms. The molecule has 0 bridgehead atoms. The highest BCUT2D eigenvalue weighted by Gasteiger charge is 2.24. The van der Waals surface area contributed by atoms with Gasteiger partial charge in [-0.25, -0.2) is 14.2 Å². The van der Waals surface area contributed by atoms with E-state index in [4.69, 9.17) is 25.8 Å². The Morgan fingerprint density at radius 3 is 2.58 bits per heavy atom. The third-order valence-corrected chi connectivity index (χ3v) is 4.91. The molecule has 0 aliphatic carbocycles. The maximum absolute atomic E-state index is 13.1. The Morgan fingerprint density at radius 1 is 1.06 bits per heavy atom. The van der Waals surface area contributed by atoms with E-state index in [-0.39, 0.29) is 24.0 Å². The van der Waals surface area contributed by atoms with Crippen molar-refractivity contribution in [1.82, 2.24) is 0 Å². The molecular formula is C24H17ClFNO4. The normalized spacial score (nSPS) is 14.4. The summed E-state index contributed by atoms with van der Waals surface area (Å²) in [5.74, 6) is 0.193. The third-order valence-electron chi connectivity index (χ3n) is 4.54. The fraction of sp³-hybridized carbons (Fsp3) is 0.0833. The summed E-state index contributed by atoms with van der Waals surface area (Å²) in [5, 5.41) is 0.623. The van der Waals surface area contributed by atoms with Crippen molar-refractivity contribution in [3.8, 4) is 11.5 Å². The first-order valence-electron chi connectivity index (χ1n) is 9.36. The minimum atomic E-state index is -0.586. The summed E-state index contributed by atoms with van der Waals surface area (Å²) in [4.78, 5) is 16.4. The fourth-order valence-electron chi connectivity index (χ4n) is 2.95. The molecule has 31 heavy (non-hydrogen) atoms. The predicted molar refractivity (Wildman–Crippen MR) is 116 cm³/mol. The SMILES string of the molecule is COc1cc(C=C2N=C(c3ccc(F)cc3)OC2=O)ccc1OCc1ccccc1Cl. The molecule has 1 aliphatic rings. The minimum absolute atomic E-state index is 0.128. The number of nitrogens with zero attached hydrogens (tertiary/aromatic N) is 1. The zero-order chi connectivity index (χ0) is 21.8. The molecule has 0 aromatic heterocycles. The van der Waals surface area contributed by atoms with E-state index in [0.717, 1.165) is 5.56 Å². The van der Waals surface area contributed by atoms with Gasteiger partial charge in [0.05, 0.1) is 7.11 Å². The number of carbonyl (C=O) groups excluding carboxylic acids is 1. The van der Waals surface area contributed by atoms with Gasteiger partial charge in [0.1, 0.15) is 12.4 Å². The van der Waals surface area contributed by atoms with Crippen LogP contribution < -0.4 is 9.47 Å². The smallest absolute Gasteiger partial charge is 0.363 e. The second kappa shape index (κ2) is 9.02. The van der Waals surface area contributed by atoms with Gasteiger partial charge in [0, 0.05) is 16.1 Å². The lowest BCUT2D eigenvalue weighted by Gasteiger charge is -2.12. The Hall–Kier alpha value is -3.64. The average molecular weight is 438 g/mol. The lowest BCUT2D eigenvalue weighted by molar-refractivity contribution is -0.129. The van der Waals surface area contributed by atoms with Crippen LogP contribution in [0.1, 0.15) is 16.7 Å². The number of benzene rings is 3. The number of hydrogen-bond donors (Lipinski definition) is 0. The van der Waals surface area contributed by atoms with Gasteiger partial charge < -0.3 is 14.2 Å². The van der Waals surface area contributed by atoms with Crippen molar-refractivity contribution in [2.75, 3.05) is 7.11 Å². The lowest BCUT2D eigenvalue weighted by atomic mass is 10.1. The second-order valence-corrected chi connectivity index (χ2v) is 7.04. The van der Waals surface area contributed by atoms with Crippen LogP contribution in [0.2, 0.25) is 5.02 Å². The summed E-state index contributed by atoms with van der Waals surface area (Å²) in [5.41, 5.74) is 2.18. The van der Waals surface area contributed by atoms with Crippen LogP contribution >= 0.6 is 11.6 Å². The van der Waals surface area contributed by atoms with Crippen LogP contribution in [0.5, 0.6) is 11.5 Å². The van der Waals surface area contributed by atoms with Gasteiger partial charge in [0.25, 0.3) is 0 Å². The third kappa shape index (κ3) is 4.75. The number of hydrogen-bond acceptors (Lipinski definition) is 5. The highest BCUT2D eigenvalue weighted by Crippen LogP contribution is 2.31. The largest absolute Gasteiger partial charge is 0.493 e. The zero-order valence-electron chi connectivity index (χ0n) is 16.5. The number of aliphatic imine (C=N–C) groups is 1. The van der Waals surface area contributed by atoms with Crippen LogP contribution in [0.4, 0.5) is 4.39 Å². The van der Waals surface area contributed by atoms with Crippen LogP contribution in [-0.4, -0.2) is 19.0 Å². The first-order chi connectivity index (χ1) is 15.0. The van der Waals surface area contributed by atoms with E-state index < -0.39 is 5.97 Å². The summed E-state index contributed by atoms with van der Waals surface area (Å²) in [6, 6.07) is 18.2. The summed E-state index contributed by atoms with van der Waals surface area (Å²) >= 11 is 6.17. The van der Waals surface area contributed by atoms with Crippen LogP contribution in [-0.2, 0) is 16.1 Å². The minimum Gasteiger partial charge on any atom is -0.493 e. The first-order valence-corrected chi connectivity index (χ1v) is 9.74. The molecule has 0 saturated heterocycles. The van der Waals surface area contributed by atoms with E-state index in [1.54, 1.807) is 30.3 Å². The molecular weight excluding hydrogens is 421 g/mol. The topological polar surface area (TPSA) is 57.1 Å². The van der Waals surface area contributed by atoms with Crippen LogP contribution in [0, 0.1) is 5.82 Å². The molecule has 0 radical (unpaired) electrons. The molecule has 0 atom stereocenters. The highest BCUT2D eigenvalue weighted by molar-refractivity contribution is 6.31. The summed E-state index contributed by atoms with van der Waals surface area (Å²) in [6.07, 6.45) is 1.58. The van der Waals surface area contributed by atoms with E-state index >= 15 is 0 Å². The Bertz CT molecular complexity index is 1190. The van der Waals surface area contributed by atoms with Crippen LogP contribution in [0.3, 0.4) is 0 Å². The molecule has 7 heteroatoms. The van der Waals surface area contributed by atoms with E-state index in [2.05, 4.69) is 4.99 Å². The number of rotatable bonds is 6. The first kappa shape index (κ1) is 20.6. The molecule has 0 fully saturated rings. The molecule has 0 unspecified atom stereocenters. The van der Waals surface area contributed by atoms with Crippen LogP contribution in [0.15, 0.2) is 77.4 Å². The van der Waals surface area contributed by atoms with Gasteiger partial charge in [0.15, 0.2) is 17.2 Å². The predicted octanol–water partition coefficient (Wildman–Crippen LogP) is 5.41. The van der Waals surface area contributed by atoms with Gasteiger partial charge in [-0.3, -0.25) is 0 Å². The van der Waals surface area contributed by atoms with Gasteiger partial charge >= 0.3 is 5.97 Å². The van der Waals surface area contributed by atoms with Crippen molar-refractivity contribution in [3.05, 3.63) is 100.0 Å². The second-order valence-electron chi connectivity index (χ2n) is 6.63. The van der Waals surface area contributed by atoms with Crippen molar-refractivity contribution in [3.63, 3.8) is 0 Å².